The van der Waals surface area contributed by atoms with Gasteiger partial charge >= 0.3 is 0 Å². The van der Waals surface area contributed by atoms with E-state index in [1.165, 1.54) is 11.3 Å². The first kappa shape index (κ1) is 10.2. The molecule has 1 heterocycles. The Morgan fingerprint density at radius 2 is 2.54 bits per heavy atom. The lowest BCUT2D eigenvalue weighted by Crippen LogP contribution is -2.19. The summed E-state index contributed by atoms with van der Waals surface area (Å²) in [6.07, 6.45) is 0. The molecule has 5 heteroatoms. The molecule has 1 rings (SSSR count). The molecule has 1 aromatic rings. The molecule has 3 nitrogen and oxygen atoms in total. The SMILES string of the molecule is CC(Br)C(=O)Nc1sccc1C#N. The zero-order valence-corrected chi connectivity index (χ0v) is 9.28. The zero-order chi connectivity index (χ0) is 9.84. The van der Waals surface area contributed by atoms with Gasteiger partial charge in [-0.05, 0) is 18.4 Å². The number of nitrogens with zero attached hydrogens (tertiary/aromatic N) is 1. The molecule has 0 bridgehead atoms. The third-order valence-corrected chi connectivity index (χ3v) is 2.63. The number of thiophene rings is 1. The number of rotatable bonds is 2. The molecule has 0 fully saturated rings. The maximum atomic E-state index is 11.2. The summed E-state index contributed by atoms with van der Waals surface area (Å²) in [6.45, 7) is 1.73. The van der Waals surface area contributed by atoms with Crippen molar-refractivity contribution in [3.05, 3.63) is 17.0 Å². The summed E-state index contributed by atoms with van der Waals surface area (Å²) < 4.78 is 0. The smallest absolute Gasteiger partial charge is 0.238 e. The number of amides is 1. The lowest BCUT2D eigenvalue weighted by Gasteiger charge is -2.03. The molecule has 0 spiro atoms. The Morgan fingerprint density at radius 3 is 3.08 bits per heavy atom. The molecule has 1 atom stereocenters. The fraction of sp³-hybridized carbons (Fsp3) is 0.250. The minimum atomic E-state index is -0.249. The predicted octanol–water partition coefficient (Wildman–Crippen LogP) is 2.34. The first-order chi connectivity index (χ1) is 6.15. The highest BCUT2D eigenvalue weighted by atomic mass is 79.9. The van der Waals surface area contributed by atoms with Crippen LogP contribution in [0.3, 0.4) is 0 Å². The van der Waals surface area contributed by atoms with Gasteiger partial charge < -0.3 is 5.32 Å². The van der Waals surface area contributed by atoms with Gasteiger partial charge in [0.05, 0.1) is 10.4 Å². The Bertz CT molecular complexity index is 353. The quantitative estimate of drug-likeness (QED) is 0.829. The Labute approximate surface area is 88.5 Å². The van der Waals surface area contributed by atoms with Gasteiger partial charge in [-0.2, -0.15) is 5.26 Å². The average molecular weight is 259 g/mol. The third-order valence-electron chi connectivity index (χ3n) is 1.38. The van der Waals surface area contributed by atoms with E-state index in [4.69, 9.17) is 5.26 Å². The van der Waals surface area contributed by atoms with Crippen LogP contribution in [0.2, 0.25) is 0 Å². The molecule has 1 aromatic heterocycles. The van der Waals surface area contributed by atoms with Crippen LogP contribution in [-0.2, 0) is 4.79 Å². The summed E-state index contributed by atoms with van der Waals surface area (Å²) in [6, 6.07) is 3.68. The number of halogens is 1. The number of carbonyl (C=O) groups is 1. The lowest BCUT2D eigenvalue weighted by atomic mass is 10.3. The van der Waals surface area contributed by atoms with Gasteiger partial charge in [0.1, 0.15) is 11.1 Å². The number of hydrogen-bond acceptors (Lipinski definition) is 3. The third kappa shape index (κ3) is 2.54. The summed E-state index contributed by atoms with van der Waals surface area (Å²) in [5.74, 6) is -0.140. The van der Waals surface area contributed by atoms with E-state index in [1.54, 1.807) is 18.4 Å². The topological polar surface area (TPSA) is 52.9 Å². The van der Waals surface area contributed by atoms with Crippen LogP contribution in [0, 0.1) is 11.3 Å². The van der Waals surface area contributed by atoms with Crippen molar-refractivity contribution in [1.29, 1.82) is 5.26 Å². The minimum absolute atomic E-state index is 0.140. The Balaban J connectivity index is 2.76. The normalized spacial score (nSPS) is 11.8. The van der Waals surface area contributed by atoms with Gasteiger partial charge in [-0.25, -0.2) is 0 Å². The molecule has 0 saturated heterocycles. The zero-order valence-electron chi connectivity index (χ0n) is 6.87. The maximum absolute atomic E-state index is 11.2. The second-order valence-electron chi connectivity index (χ2n) is 2.38. The van der Waals surface area contributed by atoms with Crippen molar-refractivity contribution in [2.75, 3.05) is 5.32 Å². The van der Waals surface area contributed by atoms with Crippen LogP contribution >= 0.6 is 27.3 Å². The van der Waals surface area contributed by atoms with Crippen LogP contribution < -0.4 is 5.32 Å². The summed E-state index contributed by atoms with van der Waals surface area (Å²) in [4.78, 5) is 11.0. The summed E-state index contributed by atoms with van der Waals surface area (Å²) in [5.41, 5.74) is 0.506. The highest BCUT2D eigenvalue weighted by Crippen LogP contribution is 2.22. The Morgan fingerprint density at radius 1 is 1.85 bits per heavy atom. The molecule has 0 aliphatic rings. The number of carbonyl (C=O) groups excluding carboxylic acids is 1. The second-order valence-corrected chi connectivity index (χ2v) is 4.67. The number of hydrogen-bond donors (Lipinski definition) is 1. The van der Waals surface area contributed by atoms with Crippen LogP contribution in [0.25, 0.3) is 0 Å². The van der Waals surface area contributed by atoms with Crippen molar-refractivity contribution in [3.8, 4) is 6.07 Å². The first-order valence-electron chi connectivity index (χ1n) is 3.57. The minimum Gasteiger partial charge on any atom is -0.316 e. The van der Waals surface area contributed by atoms with Crippen LogP contribution in [0.15, 0.2) is 11.4 Å². The molecule has 0 saturated carbocycles. The predicted molar refractivity (Wildman–Crippen MR) is 56.1 cm³/mol. The van der Waals surface area contributed by atoms with E-state index < -0.39 is 0 Å². The fourth-order valence-corrected chi connectivity index (χ4v) is 1.56. The Kier molecular flexibility index (Phi) is 3.46. The molecular formula is C8H7BrN2OS. The number of nitriles is 1. The molecular weight excluding hydrogens is 252 g/mol. The van der Waals surface area contributed by atoms with Crippen LogP contribution in [0.4, 0.5) is 5.00 Å². The second kappa shape index (κ2) is 4.40. The van der Waals surface area contributed by atoms with Crippen molar-refractivity contribution in [1.82, 2.24) is 0 Å². The molecule has 0 aromatic carbocycles. The summed E-state index contributed by atoms with van der Waals surface area (Å²) in [7, 11) is 0. The van der Waals surface area contributed by atoms with Crippen molar-refractivity contribution in [2.24, 2.45) is 0 Å². The molecule has 68 valence electrons. The maximum Gasteiger partial charge on any atom is 0.238 e. The van der Waals surface area contributed by atoms with E-state index in [-0.39, 0.29) is 10.7 Å². The summed E-state index contributed by atoms with van der Waals surface area (Å²) >= 11 is 4.49. The lowest BCUT2D eigenvalue weighted by molar-refractivity contribution is -0.115. The van der Waals surface area contributed by atoms with Crippen LogP contribution in [0.1, 0.15) is 12.5 Å². The molecule has 13 heavy (non-hydrogen) atoms. The van der Waals surface area contributed by atoms with Gasteiger partial charge in [0, 0.05) is 0 Å². The van der Waals surface area contributed by atoms with Crippen molar-refractivity contribution < 1.29 is 4.79 Å². The van der Waals surface area contributed by atoms with Crippen molar-refractivity contribution >= 4 is 38.2 Å². The van der Waals surface area contributed by atoms with Gasteiger partial charge in [-0.3, -0.25) is 4.79 Å². The standard InChI is InChI=1S/C8H7BrN2OS/c1-5(9)7(12)11-8-6(4-10)2-3-13-8/h2-3,5H,1H3,(H,11,12). The summed E-state index contributed by atoms with van der Waals surface area (Å²) in [5, 5.41) is 13.7. The van der Waals surface area contributed by atoms with Gasteiger partial charge in [0.15, 0.2) is 0 Å². The Hall–Kier alpha value is -0.860. The van der Waals surface area contributed by atoms with Crippen molar-refractivity contribution in [2.45, 2.75) is 11.8 Å². The van der Waals surface area contributed by atoms with E-state index in [1.807, 2.05) is 6.07 Å². The van der Waals surface area contributed by atoms with Crippen LogP contribution in [0.5, 0.6) is 0 Å². The van der Waals surface area contributed by atoms with Crippen LogP contribution in [-0.4, -0.2) is 10.7 Å². The van der Waals surface area contributed by atoms with E-state index >= 15 is 0 Å². The van der Waals surface area contributed by atoms with E-state index in [0.717, 1.165) is 0 Å². The molecule has 0 radical (unpaired) electrons. The fourth-order valence-electron chi connectivity index (χ4n) is 0.705. The molecule has 1 amide bonds. The van der Waals surface area contributed by atoms with Gasteiger partial charge in [0.2, 0.25) is 5.91 Å². The molecule has 1 N–H and O–H groups in total. The van der Waals surface area contributed by atoms with Crippen molar-refractivity contribution in [3.63, 3.8) is 0 Å². The monoisotopic (exact) mass is 258 g/mol. The van der Waals surface area contributed by atoms with Gasteiger partial charge in [-0.1, -0.05) is 15.9 Å². The first-order valence-corrected chi connectivity index (χ1v) is 5.37. The number of nitrogens with one attached hydrogen (secondary N) is 1. The van der Waals surface area contributed by atoms with E-state index in [2.05, 4.69) is 21.2 Å². The molecule has 0 aliphatic carbocycles. The van der Waals surface area contributed by atoms with E-state index in [9.17, 15) is 4.79 Å². The van der Waals surface area contributed by atoms with Gasteiger partial charge in [0.25, 0.3) is 0 Å². The molecule has 1 unspecified atom stereocenters. The highest BCUT2D eigenvalue weighted by molar-refractivity contribution is 9.10. The van der Waals surface area contributed by atoms with E-state index in [0.29, 0.717) is 10.6 Å². The highest BCUT2D eigenvalue weighted by Gasteiger charge is 2.11. The average Bonchev–Trinajstić information content (AvgIpc) is 2.51. The van der Waals surface area contributed by atoms with Gasteiger partial charge in [-0.15, -0.1) is 11.3 Å². The molecule has 0 aliphatic heterocycles. The largest absolute Gasteiger partial charge is 0.316 e. The number of anilines is 1. The number of alkyl halides is 1.